The van der Waals surface area contributed by atoms with Crippen molar-refractivity contribution in [2.45, 2.75) is 54.9 Å². The van der Waals surface area contributed by atoms with Crippen LogP contribution < -0.4 is 0 Å². The fraction of sp³-hybridized carbons (Fsp3) is 0.952. The van der Waals surface area contributed by atoms with Gasteiger partial charge in [0.2, 0.25) is 0 Å². The van der Waals surface area contributed by atoms with Crippen LogP contribution in [-0.2, 0) is 23.5 Å². The van der Waals surface area contributed by atoms with E-state index in [1.165, 1.54) is 31.2 Å². The molecule has 0 rings (SSSR count). The summed E-state index contributed by atoms with van der Waals surface area (Å²) in [5, 5.41) is 6.74. The Labute approximate surface area is 217 Å². The van der Waals surface area contributed by atoms with Gasteiger partial charge in [-0.2, -0.15) is 0 Å². The summed E-state index contributed by atoms with van der Waals surface area (Å²) in [5.74, 6) is 0. The largest absolute Gasteiger partial charge is 0.327 e. The summed E-state index contributed by atoms with van der Waals surface area (Å²) in [6, 6.07) is 0. The summed E-state index contributed by atoms with van der Waals surface area (Å²) in [6.45, 7) is 22.9. The van der Waals surface area contributed by atoms with Gasteiger partial charge in [0.15, 0.2) is 0 Å². The Balaban J connectivity index is -0.0000000728. The lowest BCUT2D eigenvalue weighted by atomic mass is 10.3. The molecule has 0 aliphatic heterocycles. The summed E-state index contributed by atoms with van der Waals surface area (Å²) in [7, 11) is -3.85. The second-order valence-corrected chi connectivity index (χ2v) is 14.1. The lowest BCUT2D eigenvalue weighted by Crippen LogP contribution is -2.42. The Morgan fingerprint density at radius 3 is 1.09 bits per heavy atom. The maximum Gasteiger partial charge on any atom is 0.324 e. The highest BCUT2D eigenvalue weighted by Gasteiger charge is 2.10. The Hall–Kier alpha value is -0.160. The van der Waals surface area contributed by atoms with E-state index < -0.39 is 25.0 Å². The highest BCUT2D eigenvalue weighted by molar-refractivity contribution is 7.89. The van der Waals surface area contributed by atoms with Crippen LogP contribution in [0.25, 0.3) is 0 Å². The molecule has 14 heteroatoms. The number of nitrogens with zero attached hydrogens (tertiary/aromatic N) is 2. The fourth-order valence-electron chi connectivity index (χ4n) is 0.894. The van der Waals surface area contributed by atoms with Crippen molar-refractivity contribution in [3.05, 3.63) is 0 Å². The van der Waals surface area contributed by atoms with Crippen molar-refractivity contribution in [3.63, 3.8) is 0 Å². The van der Waals surface area contributed by atoms with E-state index in [-0.39, 0.29) is 0 Å². The standard InChI is InChI=1S/C7H18N.C5H13N.C4H9N.C2H7O3P.C2H6O2S.CH5O3P/c1-5-8(4,6-2)7-3;1-4-6(3)5-2;1-3-4(2)5;1-5-6(2,3)4;2*1-5(2,3)4/h5-7H2,1-4H3;4-5H2,1-3H3;5H,3H2,1-2H3;1-2H3,(H,3,4);1-2H3;1H3,(H2,2,3,4)/q+1;;;;;. The highest BCUT2D eigenvalue weighted by Crippen LogP contribution is 2.34. The first-order chi connectivity index (χ1) is 15.3. The van der Waals surface area contributed by atoms with Crippen LogP contribution in [0.1, 0.15) is 54.9 Å². The van der Waals surface area contributed by atoms with Crippen LogP contribution in [0.15, 0.2) is 0 Å². The number of hydrogen-bond acceptors (Lipinski definition) is 7. The number of quaternary nitrogens is 1. The quantitative estimate of drug-likeness (QED) is 0.201. The molecule has 0 saturated carbocycles. The molecule has 1 atom stereocenters. The first kappa shape index (κ1) is 48.0. The summed E-state index contributed by atoms with van der Waals surface area (Å²) in [5.41, 5.74) is 0.755. The Morgan fingerprint density at radius 2 is 1.09 bits per heavy atom. The number of nitrogens with one attached hydrogen (secondary N) is 1. The summed E-state index contributed by atoms with van der Waals surface area (Å²) < 4.78 is 43.8. The van der Waals surface area contributed by atoms with Crippen LogP contribution in [-0.4, -0.2) is 118 Å². The average molecular weight is 575 g/mol. The van der Waals surface area contributed by atoms with Crippen molar-refractivity contribution in [3.8, 4) is 0 Å². The molecular formula is C21H58N3O8P2S+. The third kappa shape index (κ3) is 108. The van der Waals surface area contributed by atoms with Crippen molar-refractivity contribution >= 4 is 30.7 Å². The molecule has 0 heterocycles. The van der Waals surface area contributed by atoms with Gasteiger partial charge in [-0.3, -0.25) is 9.13 Å². The van der Waals surface area contributed by atoms with E-state index in [0.717, 1.165) is 51.1 Å². The molecule has 11 nitrogen and oxygen atoms in total. The minimum atomic E-state index is -3.64. The number of rotatable bonds is 7. The normalized spacial score (nSPS) is 12.3. The molecule has 4 N–H and O–H groups in total. The van der Waals surface area contributed by atoms with Gasteiger partial charge in [-0.15, -0.1) is 0 Å². The van der Waals surface area contributed by atoms with Crippen LogP contribution in [0.2, 0.25) is 0 Å². The zero-order valence-corrected chi connectivity index (χ0v) is 27.4. The molecule has 0 spiro atoms. The molecule has 0 amide bonds. The smallest absolute Gasteiger partial charge is 0.324 e. The average Bonchev–Trinajstić information content (AvgIpc) is 2.70. The molecule has 35 heavy (non-hydrogen) atoms. The molecule has 0 saturated heterocycles. The summed E-state index contributed by atoms with van der Waals surface area (Å²) >= 11 is 0. The van der Waals surface area contributed by atoms with Crippen molar-refractivity contribution in [2.24, 2.45) is 0 Å². The van der Waals surface area contributed by atoms with Crippen molar-refractivity contribution in [2.75, 3.05) is 79.8 Å². The molecule has 0 aliphatic rings. The number of hydrogen-bond donors (Lipinski definition) is 4. The van der Waals surface area contributed by atoms with E-state index in [2.05, 4.69) is 58.1 Å². The molecular weight excluding hydrogens is 516 g/mol. The highest BCUT2D eigenvalue weighted by atomic mass is 32.2. The molecule has 1 unspecified atom stereocenters. The Morgan fingerprint density at radius 1 is 0.914 bits per heavy atom. The van der Waals surface area contributed by atoms with Crippen molar-refractivity contribution < 1.29 is 41.2 Å². The van der Waals surface area contributed by atoms with Gasteiger partial charge in [0.05, 0.1) is 26.7 Å². The van der Waals surface area contributed by atoms with Crippen LogP contribution in [0.4, 0.5) is 0 Å². The third-order valence-corrected chi connectivity index (χ3v) is 4.92. The Kier molecular flexibility index (Phi) is 36.9. The first-order valence-corrected chi connectivity index (χ1v) is 17.8. The van der Waals surface area contributed by atoms with Crippen LogP contribution >= 0.6 is 15.2 Å². The second kappa shape index (κ2) is 26.9. The molecule has 0 aromatic rings. The van der Waals surface area contributed by atoms with Gasteiger partial charge in [0, 0.05) is 38.7 Å². The lowest BCUT2D eigenvalue weighted by Gasteiger charge is -2.30. The van der Waals surface area contributed by atoms with Crippen LogP contribution in [0, 0.1) is 5.41 Å². The fourth-order valence-corrected chi connectivity index (χ4v) is 0.894. The van der Waals surface area contributed by atoms with E-state index in [0.29, 0.717) is 0 Å². The number of sulfone groups is 1. The Bertz CT molecular complexity index is 633. The molecule has 0 aliphatic carbocycles. The van der Waals surface area contributed by atoms with Crippen molar-refractivity contribution in [1.82, 2.24) is 4.90 Å². The van der Waals surface area contributed by atoms with Gasteiger partial charge in [0.1, 0.15) is 9.84 Å². The lowest BCUT2D eigenvalue weighted by molar-refractivity contribution is -0.904. The van der Waals surface area contributed by atoms with Crippen LogP contribution in [0.3, 0.4) is 0 Å². The maximum absolute atomic E-state index is 9.92. The van der Waals surface area contributed by atoms with Crippen LogP contribution in [0.5, 0.6) is 0 Å². The molecule has 0 bridgehead atoms. The van der Waals surface area contributed by atoms with E-state index >= 15 is 0 Å². The van der Waals surface area contributed by atoms with Gasteiger partial charge in [0.25, 0.3) is 0 Å². The molecule has 0 fully saturated rings. The van der Waals surface area contributed by atoms with Crippen molar-refractivity contribution in [1.29, 1.82) is 5.41 Å². The van der Waals surface area contributed by atoms with E-state index in [9.17, 15) is 17.5 Å². The molecule has 0 aromatic carbocycles. The second-order valence-electron chi connectivity index (χ2n) is 8.15. The monoisotopic (exact) mass is 574 g/mol. The van der Waals surface area contributed by atoms with Gasteiger partial charge in [-0.1, -0.05) is 20.8 Å². The van der Waals surface area contributed by atoms with Gasteiger partial charge in [-0.25, -0.2) is 8.42 Å². The summed E-state index contributed by atoms with van der Waals surface area (Å²) in [4.78, 5) is 25.7. The SMILES string of the molecule is CCC(C)=N.CCN(C)CC.CC[N+](C)(CC)CC.COP(C)(=O)O.CP(=O)(O)O.CS(C)(=O)=O. The third-order valence-electron chi connectivity index (χ3n) is 4.24. The topological polar surface area (TPSA) is 165 Å². The molecule has 220 valence electrons. The first-order valence-electron chi connectivity index (χ1n) is 11.4. The van der Waals surface area contributed by atoms with E-state index in [4.69, 9.17) is 20.1 Å². The summed E-state index contributed by atoms with van der Waals surface area (Å²) in [6.07, 6.45) is 3.21. The van der Waals surface area contributed by atoms with Gasteiger partial charge < -0.3 is 34.0 Å². The van der Waals surface area contributed by atoms with E-state index in [1.807, 2.05) is 6.92 Å². The zero-order valence-electron chi connectivity index (χ0n) is 24.8. The molecule has 0 aromatic heterocycles. The minimum absolute atomic E-state index is 0.755. The minimum Gasteiger partial charge on any atom is -0.327 e. The molecule has 0 radical (unpaired) electrons. The predicted octanol–water partition coefficient (Wildman–Crippen LogP) is 3.79. The van der Waals surface area contributed by atoms with Gasteiger partial charge >= 0.3 is 15.2 Å². The van der Waals surface area contributed by atoms with E-state index in [1.54, 1.807) is 6.92 Å². The zero-order chi connectivity index (χ0) is 30.1. The predicted molar refractivity (Wildman–Crippen MR) is 152 cm³/mol. The maximum atomic E-state index is 9.92. The van der Waals surface area contributed by atoms with Gasteiger partial charge in [-0.05, 0) is 54.3 Å².